The zero-order valence-electron chi connectivity index (χ0n) is 20.8. The molecule has 3 amide bonds. The number of anilines is 3. The van der Waals surface area contributed by atoms with Crippen LogP contribution in [0.25, 0.3) is 0 Å². The van der Waals surface area contributed by atoms with Crippen LogP contribution in [0.4, 0.5) is 35.0 Å². The van der Waals surface area contributed by atoms with Gasteiger partial charge in [-0.3, -0.25) is 4.79 Å². The number of likely N-dealkylation sites (N-methyl/N-ethyl adjacent to an activating group) is 1. The Morgan fingerprint density at radius 3 is 2.33 bits per heavy atom. The fourth-order valence-electron chi connectivity index (χ4n) is 4.29. The van der Waals surface area contributed by atoms with Gasteiger partial charge in [-0.2, -0.15) is 13.2 Å². The fourth-order valence-corrected chi connectivity index (χ4v) is 4.29. The van der Waals surface area contributed by atoms with Crippen molar-refractivity contribution in [2.45, 2.75) is 39.3 Å². The third kappa shape index (κ3) is 7.36. The maximum atomic E-state index is 13.3. The van der Waals surface area contributed by atoms with Crippen LogP contribution >= 0.6 is 0 Å². The van der Waals surface area contributed by atoms with E-state index >= 15 is 0 Å². The Bertz CT molecular complexity index is 1030. The molecule has 0 spiro atoms. The highest BCUT2D eigenvalue weighted by Gasteiger charge is 2.33. The molecule has 3 N–H and O–H groups in total. The number of benzene rings is 2. The number of carbonyl (C=O) groups is 2. The highest BCUT2D eigenvalue weighted by Crippen LogP contribution is 2.34. The number of nitrogens with zero attached hydrogens (tertiary/aromatic N) is 2. The van der Waals surface area contributed by atoms with Gasteiger partial charge in [0.1, 0.15) is 0 Å². The summed E-state index contributed by atoms with van der Waals surface area (Å²) >= 11 is 0. The lowest BCUT2D eigenvalue weighted by Gasteiger charge is -2.30. The Balaban J connectivity index is 1.77. The number of amides is 3. The molecule has 0 aromatic heterocycles. The molecule has 0 aliphatic carbocycles. The molecule has 0 atom stereocenters. The van der Waals surface area contributed by atoms with Crippen LogP contribution < -0.4 is 20.9 Å². The van der Waals surface area contributed by atoms with Gasteiger partial charge in [-0.1, -0.05) is 26.0 Å². The van der Waals surface area contributed by atoms with E-state index in [2.05, 4.69) is 39.6 Å². The van der Waals surface area contributed by atoms with E-state index in [1.807, 2.05) is 0 Å². The minimum atomic E-state index is -4.60. The first kappa shape index (κ1) is 27.3. The average molecular weight is 506 g/mol. The third-order valence-corrected chi connectivity index (χ3v) is 6.28. The zero-order valence-corrected chi connectivity index (χ0v) is 20.8. The number of para-hydroxylation sites is 1. The Kier molecular flexibility index (Phi) is 9.58. The Hall–Kier alpha value is -3.27. The first-order chi connectivity index (χ1) is 17.2. The number of alkyl halides is 3. The SMILES string of the molecule is CCN(CC)CCNC(=O)c1cc(NC(=O)Nc2ccccc2C(F)(F)F)ccc1N1CCCCC1. The Morgan fingerprint density at radius 2 is 1.67 bits per heavy atom. The standard InChI is InChI=1S/C26H34F3N5O2/c1-3-33(4-2)17-14-30-24(35)20-18-19(12-13-23(20)34-15-8-5-9-16-34)31-25(36)32-22-11-7-6-10-21(22)26(27,28)29/h6-7,10-13,18H,3-5,8-9,14-17H2,1-2H3,(H,30,35)(H2,31,32,36). The number of hydrogen-bond donors (Lipinski definition) is 3. The maximum absolute atomic E-state index is 13.3. The molecular weight excluding hydrogens is 471 g/mol. The van der Waals surface area contributed by atoms with Gasteiger partial charge in [0.25, 0.3) is 5.91 Å². The van der Waals surface area contributed by atoms with Crippen molar-refractivity contribution in [1.82, 2.24) is 10.2 Å². The van der Waals surface area contributed by atoms with Crippen molar-refractivity contribution in [3.8, 4) is 0 Å². The molecule has 1 saturated heterocycles. The summed E-state index contributed by atoms with van der Waals surface area (Å²) in [6.07, 6.45) is -1.40. The molecule has 1 heterocycles. The second kappa shape index (κ2) is 12.6. The van der Waals surface area contributed by atoms with Crippen LogP contribution in [0.15, 0.2) is 42.5 Å². The van der Waals surface area contributed by atoms with E-state index in [-0.39, 0.29) is 11.6 Å². The van der Waals surface area contributed by atoms with Gasteiger partial charge in [0.05, 0.1) is 16.8 Å². The number of carbonyl (C=O) groups excluding carboxylic acids is 2. The number of nitrogens with one attached hydrogen (secondary N) is 3. The van der Waals surface area contributed by atoms with E-state index in [4.69, 9.17) is 0 Å². The topological polar surface area (TPSA) is 76.7 Å². The molecule has 0 radical (unpaired) electrons. The second-order valence-electron chi connectivity index (χ2n) is 8.68. The average Bonchev–Trinajstić information content (AvgIpc) is 2.86. The van der Waals surface area contributed by atoms with Crippen LogP contribution in [-0.4, -0.2) is 56.1 Å². The summed E-state index contributed by atoms with van der Waals surface area (Å²) in [5.41, 5.74) is 0.232. The second-order valence-corrected chi connectivity index (χ2v) is 8.68. The van der Waals surface area contributed by atoms with Gasteiger partial charge in [0, 0.05) is 37.6 Å². The van der Waals surface area contributed by atoms with Crippen LogP contribution in [0.3, 0.4) is 0 Å². The number of piperidine rings is 1. The normalized spacial score (nSPS) is 14.0. The van der Waals surface area contributed by atoms with E-state index < -0.39 is 17.8 Å². The molecular formula is C26H34F3N5O2. The highest BCUT2D eigenvalue weighted by molar-refractivity contribution is 6.04. The Labute approximate surface area is 210 Å². The first-order valence-corrected chi connectivity index (χ1v) is 12.4. The lowest BCUT2D eigenvalue weighted by atomic mass is 10.1. The van der Waals surface area contributed by atoms with Gasteiger partial charge in [-0.25, -0.2) is 4.79 Å². The van der Waals surface area contributed by atoms with Crippen molar-refractivity contribution in [2.75, 3.05) is 54.8 Å². The van der Waals surface area contributed by atoms with E-state index in [9.17, 15) is 22.8 Å². The van der Waals surface area contributed by atoms with Gasteiger partial charge in [0.15, 0.2) is 0 Å². The summed E-state index contributed by atoms with van der Waals surface area (Å²) in [5, 5.41) is 7.79. The molecule has 36 heavy (non-hydrogen) atoms. The van der Waals surface area contributed by atoms with Crippen molar-refractivity contribution in [3.63, 3.8) is 0 Å². The van der Waals surface area contributed by atoms with Gasteiger partial charge in [-0.05, 0) is 62.7 Å². The number of urea groups is 1. The van der Waals surface area contributed by atoms with Crippen LogP contribution in [0.1, 0.15) is 49.0 Å². The predicted molar refractivity (Wildman–Crippen MR) is 137 cm³/mol. The van der Waals surface area contributed by atoms with Crippen molar-refractivity contribution < 1.29 is 22.8 Å². The minimum absolute atomic E-state index is 0.255. The molecule has 1 fully saturated rings. The zero-order chi connectivity index (χ0) is 26.1. The van der Waals surface area contributed by atoms with E-state index in [0.717, 1.165) is 63.7 Å². The van der Waals surface area contributed by atoms with E-state index in [1.54, 1.807) is 18.2 Å². The number of rotatable bonds is 9. The smallest absolute Gasteiger partial charge is 0.371 e. The molecule has 196 valence electrons. The predicted octanol–water partition coefficient (Wildman–Crippen LogP) is 5.41. The summed E-state index contributed by atoms with van der Waals surface area (Å²) in [4.78, 5) is 30.0. The number of halogens is 3. The highest BCUT2D eigenvalue weighted by atomic mass is 19.4. The quantitative estimate of drug-likeness (QED) is 0.426. The molecule has 10 heteroatoms. The third-order valence-electron chi connectivity index (χ3n) is 6.28. The van der Waals surface area contributed by atoms with Gasteiger partial charge < -0.3 is 25.8 Å². The molecule has 1 aliphatic rings. The molecule has 2 aromatic rings. The monoisotopic (exact) mass is 505 g/mol. The molecule has 2 aromatic carbocycles. The van der Waals surface area contributed by atoms with E-state index in [1.165, 1.54) is 18.2 Å². The summed E-state index contributed by atoms with van der Waals surface area (Å²) in [5.74, 6) is -0.255. The number of hydrogen-bond acceptors (Lipinski definition) is 4. The lowest BCUT2D eigenvalue weighted by Crippen LogP contribution is -2.36. The van der Waals surface area contributed by atoms with Crippen LogP contribution in [0, 0.1) is 0 Å². The van der Waals surface area contributed by atoms with Crippen LogP contribution in [0.2, 0.25) is 0 Å². The van der Waals surface area contributed by atoms with Crippen molar-refractivity contribution in [3.05, 3.63) is 53.6 Å². The van der Waals surface area contributed by atoms with Crippen molar-refractivity contribution >= 4 is 29.0 Å². The molecule has 3 rings (SSSR count). The molecule has 0 saturated carbocycles. The fraction of sp³-hybridized carbons (Fsp3) is 0.462. The van der Waals surface area contributed by atoms with Gasteiger partial charge in [-0.15, -0.1) is 0 Å². The molecule has 0 bridgehead atoms. The van der Waals surface area contributed by atoms with Gasteiger partial charge in [0.2, 0.25) is 0 Å². The Morgan fingerprint density at radius 1 is 0.972 bits per heavy atom. The molecule has 7 nitrogen and oxygen atoms in total. The van der Waals surface area contributed by atoms with Gasteiger partial charge >= 0.3 is 12.2 Å². The maximum Gasteiger partial charge on any atom is 0.418 e. The van der Waals surface area contributed by atoms with Crippen LogP contribution in [0.5, 0.6) is 0 Å². The lowest BCUT2D eigenvalue weighted by molar-refractivity contribution is -0.136. The largest absolute Gasteiger partial charge is 0.418 e. The van der Waals surface area contributed by atoms with Crippen LogP contribution in [-0.2, 0) is 6.18 Å². The summed E-state index contributed by atoms with van der Waals surface area (Å²) in [6, 6.07) is 8.96. The van der Waals surface area contributed by atoms with Crippen molar-refractivity contribution in [2.24, 2.45) is 0 Å². The summed E-state index contributed by atoms with van der Waals surface area (Å²) < 4.78 is 39.8. The summed E-state index contributed by atoms with van der Waals surface area (Å²) in [6.45, 7) is 8.76. The van der Waals surface area contributed by atoms with Crippen molar-refractivity contribution in [1.29, 1.82) is 0 Å². The first-order valence-electron chi connectivity index (χ1n) is 12.4. The molecule has 1 aliphatic heterocycles. The minimum Gasteiger partial charge on any atom is -0.371 e. The van der Waals surface area contributed by atoms with E-state index in [0.29, 0.717) is 17.8 Å². The molecule has 0 unspecified atom stereocenters. The summed E-state index contributed by atoms with van der Waals surface area (Å²) in [7, 11) is 0.